The average molecular weight is 245 g/mol. The molecule has 18 heavy (non-hydrogen) atoms. The first-order valence-corrected chi connectivity index (χ1v) is 5.66. The third-order valence-corrected chi connectivity index (χ3v) is 2.69. The molecule has 0 amide bonds. The minimum Gasteiger partial charge on any atom is -0.618 e. The van der Waals surface area contributed by atoms with Gasteiger partial charge in [-0.1, -0.05) is 30.3 Å². The van der Waals surface area contributed by atoms with E-state index in [-0.39, 0.29) is 0 Å². The Bertz CT molecular complexity index is 526. The molecule has 0 aliphatic rings. The summed E-state index contributed by atoms with van der Waals surface area (Å²) in [6.45, 7) is 2.11. The number of methoxy groups -OCH3 is 1. The van der Waals surface area contributed by atoms with Crippen LogP contribution in [0.2, 0.25) is 0 Å². The molecule has 0 atom stereocenters. The molecule has 0 saturated heterocycles. The molecule has 1 aromatic carbocycles. The van der Waals surface area contributed by atoms with E-state index in [4.69, 9.17) is 9.47 Å². The van der Waals surface area contributed by atoms with E-state index in [0.29, 0.717) is 23.8 Å². The van der Waals surface area contributed by atoms with Crippen LogP contribution in [-0.2, 0) is 6.61 Å². The topological polar surface area (TPSA) is 45.4 Å². The number of hydrogen-bond donors (Lipinski definition) is 0. The second-order valence-corrected chi connectivity index (χ2v) is 3.90. The maximum absolute atomic E-state index is 11.5. The summed E-state index contributed by atoms with van der Waals surface area (Å²) in [5.41, 5.74) is 1.53. The lowest BCUT2D eigenvalue weighted by molar-refractivity contribution is -0.612. The maximum Gasteiger partial charge on any atom is 0.235 e. The van der Waals surface area contributed by atoms with Gasteiger partial charge in [0.2, 0.25) is 11.4 Å². The SMILES string of the molecule is COc1cc[n+]([O-])c(C)c1OCc1ccccc1. The molecule has 4 heteroatoms. The molecule has 94 valence electrons. The lowest BCUT2D eigenvalue weighted by Gasteiger charge is -2.12. The van der Waals surface area contributed by atoms with Gasteiger partial charge in [0.05, 0.1) is 7.11 Å². The summed E-state index contributed by atoms with van der Waals surface area (Å²) in [4.78, 5) is 0. The van der Waals surface area contributed by atoms with E-state index >= 15 is 0 Å². The smallest absolute Gasteiger partial charge is 0.235 e. The standard InChI is InChI=1S/C14H15NO3/c1-11-14(13(17-2)8-9-15(11)16)18-10-12-6-4-3-5-7-12/h3-9H,10H2,1-2H3. The van der Waals surface area contributed by atoms with E-state index in [0.717, 1.165) is 10.3 Å². The van der Waals surface area contributed by atoms with Crippen LogP contribution in [0.4, 0.5) is 0 Å². The zero-order valence-electron chi connectivity index (χ0n) is 10.4. The molecule has 1 aromatic heterocycles. The second kappa shape index (κ2) is 5.40. The summed E-state index contributed by atoms with van der Waals surface area (Å²) in [5.74, 6) is 1.05. The number of aromatic nitrogens is 1. The first-order chi connectivity index (χ1) is 8.72. The van der Waals surface area contributed by atoms with Crippen molar-refractivity contribution < 1.29 is 14.2 Å². The highest BCUT2D eigenvalue weighted by Gasteiger charge is 2.15. The number of pyridine rings is 1. The van der Waals surface area contributed by atoms with Crippen LogP contribution >= 0.6 is 0 Å². The van der Waals surface area contributed by atoms with Gasteiger partial charge >= 0.3 is 0 Å². The van der Waals surface area contributed by atoms with E-state index in [1.165, 1.54) is 6.20 Å². The molecular weight excluding hydrogens is 230 g/mol. The molecule has 2 rings (SSSR count). The van der Waals surface area contributed by atoms with Crippen molar-refractivity contribution in [2.75, 3.05) is 7.11 Å². The summed E-state index contributed by atoms with van der Waals surface area (Å²) in [6.07, 6.45) is 1.41. The van der Waals surface area contributed by atoms with Crippen molar-refractivity contribution in [2.24, 2.45) is 0 Å². The molecule has 0 aliphatic heterocycles. The van der Waals surface area contributed by atoms with Gasteiger partial charge in [0.25, 0.3) is 0 Å². The Morgan fingerprint density at radius 1 is 1.17 bits per heavy atom. The van der Waals surface area contributed by atoms with Crippen molar-refractivity contribution in [2.45, 2.75) is 13.5 Å². The van der Waals surface area contributed by atoms with Crippen LogP contribution in [0.5, 0.6) is 11.5 Å². The Morgan fingerprint density at radius 3 is 2.56 bits per heavy atom. The van der Waals surface area contributed by atoms with Gasteiger partial charge in [-0.3, -0.25) is 0 Å². The molecule has 4 nitrogen and oxygen atoms in total. The molecule has 0 fully saturated rings. The largest absolute Gasteiger partial charge is 0.618 e. The van der Waals surface area contributed by atoms with Crippen LogP contribution in [-0.4, -0.2) is 7.11 Å². The van der Waals surface area contributed by atoms with Gasteiger partial charge in [-0.05, 0) is 5.56 Å². The van der Waals surface area contributed by atoms with Gasteiger partial charge in [0.1, 0.15) is 6.61 Å². The summed E-state index contributed by atoms with van der Waals surface area (Å²) in [6, 6.07) is 11.4. The highest BCUT2D eigenvalue weighted by atomic mass is 16.5. The molecule has 2 aromatic rings. The predicted molar refractivity (Wildman–Crippen MR) is 67.5 cm³/mol. The molecule has 0 saturated carbocycles. The van der Waals surface area contributed by atoms with Gasteiger partial charge < -0.3 is 14.7 Å². The van der Waals surface area contributed by atoms with E-state index < -0.39 is 0 Å². The number of rotatable bonds is 4. The normalized spacial score (nSPS) is 10.1. The van der Waals surface area contributed by atoms with Crippen LogP contribution in [0.3, 0.4) is 0 Å². The van der Waals surface area contributed by atoms with Crippen LogP contribution in [0.15, 0.2) is 42.6 Å². The average Bonchev–Trinajstić information content (AvgIpc) is 2.41. The van der Waals surface area contributed by atoms with Gasteiger partial charge in [0, 0.05) is 13.0 Å². The van der Waals surface area contributed by atoms with Crippen LogP contribution in [0.25, 0.3) is 0 Å². The fourth-order valence-corrected chi connectivity index (χ4v) is 1.67. The summed E-state index contributed by atoms with van der Waals surface area (Å²) < 4.78 is 11.6. The lowest BCUT2D eigenvalue weighted by Crippen LogP contribution is -2.29. The summed E-state index contributed by atoms with van der Waals surface area (Å²) in [5, 5.41) is 11.5. The number of nitrogens with zero attached hydrogens (tertiary/aromatic N) is 1. The highest BCUT2D eigenvalue weighted by molar-refractivity contribution is 5.40. The fourth-order valence-electron chi connectivity index (χ4n) is 1.67. The second-order valence-electron chi connectivity index (χ2n) is 3.90. The molecular formula is C14H15NO3. The molecule has 0 spiro atoms. The molecule has 0 aliphatic carbocycles. The molecule has 1 heterocycles. The predicted octanol–water partition coefficient (Wildman–Crippen LogP) is 2.22. The zero-order chi connectivity index (χ0) is 13.0. The molecule has 0 N–H and O–H groups in total. The monoisotopic (exact) mass is 245 g/mol. The van der Waals surface area contributed by atoms with E-state index in [1.807, 2.05) is 30.3 Å². The fraction of sp³-hybridized carbons (Fsp3) is 0.214. The Morgan fingerprint density at radius 2 is 1.89 bits per heavy atom. The van der Waals surface area contributed by atoms with Crippen molar-refractivity contribution in [3.05, 3.63) is 59.1 Å². The Labute approximate surface area is 106 Å². The number of ether oxygens (including phenoxy) is 2. The van der Waals surface area contributed by atoms with Gasteiger partial charge in [-0.25, -0.2) is 0 Å². The summed E-state index contributed by atoms with van der Waals surface area (Å²) >= 11 is 0. The third-order valence-electron chi connectivity index (χ3n) is 2.69. The highest BCUT2D eigenvalue weighted by Crippen LogP contribution is 2.28. The molecule has 0 bridgehead atoms. The van der Waals surface area contributed by atoms with Crippen molar-refractivity contribution in [3.63, 3.8) is 0 Å². The van der Waals surface area contributed by atoms with E-state index in [2.05, 4.69) is 0 Å². The minimum atomic E-state index is 0.405. The maximum atomic E-state index is 11.5. The van der Waals surface area contributed by atoms with Crippen molar-refractivity contribution >= 4 is 0 Å². The van der Waals surface area contributed by atoms with Crippen molar-refractivity contribution in [1.82, 2.24) is 0 Å². The lowest BCUT2D eigenvalue weighted by atomic mass is 10.2. The Hall–Kier alpha value is -2.23. The van der Waals surface area contributed by atoms with Crippen LogP contribution in [0.1, 0.15) is 11.3 Å². The first-order valence-electron chi connectivity index (χ1n) is 5.66. The van der Waals surface area contributed by atoms with Crippen molar-refractivity contribution in [3.8, 4) is 11.5 Å². The zero-order valence-corrected chi connectivity index (χ0v) is 10.4. The Kier molecular flexibility index (Phi) is 3.67. The number of hydrogen-bond acceptors (Lipinski definition) is 3. The molecule has 0 radical (unpaired) electrons. The van der Waals surface area contributed by atoms with E-state index in [1.54, 1.807) is 20.1 Å². The first kappa shape index (κ1) is 12.2. The van der Waals surface area contributed by atoms with Crippen LogP contribution < -0.4 is 14.2 Å². The third kappa shape index (κ3) is 2.53. The van der Waals surface area contributed by atoms with Gasteiger partial charge in [0.15, 0.2) is 11.9 Å². The van der Waals surface area contributed by atoms with Crippen LogP contribution in [0, 0.1) is 12.1 Å². The summed E-state index contributed by atoms with van der Waals surface area (Å²) in [7, 11) is 1.55. The van der Waals surface area contributed by atoms with Gasteiger partial charge in [-0.2, -0.15) is 4.73 Å². The van der Waals surface area contributed by atoms with E-state index in [9.17, 15) is 5.21 Å². The van der Waals surface area contributed by atoms with Crippen molar-refractivity contribution in [1.29, 1.82) is 0 Å². The molecule has 0 unspecified atom stereocenters. The minimum absolute atomic E-state index is 0.405. The number of benzene rings is 1. The quantitative estimate of drug-likeness (QED) is 0.613. The Balaban J connectivity index is 2.21. The van der Waals surface area contributed by atoms with Gasteiger partial charge in [-0.15, -0.1) is 0 Å².